The van der Waals surface area contributed by atoms with Crippen LogP contribution in [0.5, 0.6) is 0 Å². The van der Waals surface area contributed by atoms with Crippen LogP contribution in [0.2, 0.25) is 0 Å². The van der Waals surface area contributed by atoms with Gasteiger partial charge in [-0.3, -0.25) is 0 Å². The average Bonchev–Trinajstić information content (AvgIpc) is 2.51. The van der Waals surface area contributed by atoms with Gasteiger partial charge in [-0.1, -0.05) is 53.4 Å². The maximum absolute atomic E-state index is 6.33. The molecule has 1 saturated carbocycles. The summed E-state index contributed by atoms with van der Waals surface area (Å²) < 4.78 is 6.33. The van der Waals surface area contributed by atoms with Crippen LogP contribution in [0, 0.1) is 11.8 Å². The lowest BCUT2D eigenvalue weighted by molar-refractivity contribution is -0.0954. The zero-order valence-corrected chi connectivity index (χ0v) is 14.5. The van der Waals surface area contributed by atoms with E-state index in [1.54, 1.807) is 0 Å². The van der Waals surface area contributed by atoms with E-state index in [1.807, 2.05) is 0 Å². The number of hydrogen-bond donors (Lipinski definition) is 1. The van der Waals surface area contributed by atoms with Crippen LogP contribution in [-0.2, 0) is 4.74 Å². The first-order valence-corrected chi connectivity index (χ1v) is 9.06. The molecule has 0 spiro atoms. The smallest absolute Gasteiger partial charge is 0.0832 e. The lowest BCUT2D eigenvalue weighted by Gasteiger charge is -2.47. The molecule has 0 saturated heterocycles. The van der Waals surface area contributed by atoms with Gasteiger partial charge in [0.2, 0.25) is 0 Å². The van der Waals surface area contributed by atoms with Crippen molar-refractivity contribution in [3.8, 4) is 0 Å². The van der Waals surface area contributed by atoms with E-state index in [4.69, 9.17) is 4.74 Å². The SMILES string of the molecule is CCNC(C1CCCCC1CC)C(CC)(CC)OCC. The van der Waals surface area contributed by atoms with Crippen LogP contribution >= 0.6 is 0 Å². The number of likely N-dealkylation sites (N-methyl/N-ethyl adjacent to an activating group) is 1. The lowest BCUT2D eigenvalue weighted by atomic mass is 9.68. The molecule has 0 amide bonds. The lowest BCUT2D eigenvalue weighted by Crippen LogP contribution is -2.57. The van der Waals surface area contributed by atoms with Gasteiger partial charge in [-0.2, -0.15) is 0 Å². The molecule has 120 valence electrons. The van der Waals surface area contributed by atoms with Crippen molar-refractivity contribution >= 4 is 0 Å². The van der Waals surface area contributed by atoms with Crippen molar-refractivity contribution < 1.29 is 4.74 Å². The van der Waals surface area contributed by atoms with Gasteiger partial charge in [-0.25, -0.2) is 0 Å². The largest absolute Gasteiger partial charge is 0.374 e. The fraction of sp³-hybridized carbons (Fsp3) is 1.00. The molecule has 0 bridgehead atoms. The minimum atomic E-state index is 0.0280. The van der Waals surface area contributed by atoms with Gasteiger partial charge in [0.15, 0.2) is 0 Å². The molecule has 1 aliphatic carbocycles. The summed E-state index contributed by atoms with van der Waals surface area (Å²) in [5.74, 6) is 1.67. The Bertz CT molecular complexity index is 250. The summed E-state index contributed by atoms with van der Waals surface area (Å²) in [6.45, 7) is 13.2. The van der Waals surface area contributed by atoms with Gasteiger partial charge in [0.25, 0.3) is 0 Å². The van der Waals surface area contributed by atoms with E-state index in [0.29, 0.717) is 6.04 Å². The molecular weight excluding hydrogens is 246 g/mol. The first-order chi connectivity index (χ1) is 9.68. The van der Waals surface area contributed by atoms with Gasteiger partial charge in [0.05, 0.1) is 5.60 Å². The van der Waals surface area contributed by atoms with E-state index >= 15 is 0 Å². The van der Waals surface area contributed by atoms with Crippen molar-refractivity contribution in [1.29, 1.82) is 0 Å². The van der Waals surface area contributed by atoms with Crippen molar-refractivity contribution in [1.82, 2.24) is 5.32 Å². The number of nitrogens with one attached hydrogen (secondary N) is 1. The quantitative estimate of drug-likeness (QED) is 0.658. The molecule has 1 fully saturated rings. The maximum Gasteiger partial charge on any atom is 0.0832 e. The van der Waals surface area contributed by atoms with Crippen molar-refractivity contribution in [2.24, 2.45) is 11.8 Å². The first-order valence-electron chi connectivity index (χ1n) is 9.06. The van der Waals surface area contributed by atoms with Gasteiger partial charge in [-0.05, 0) is 44.6 Å². The summed E-state index contributed by atoms with van der Waals surface area (Å²) in [7, 11) is 0. The van der Waals surface area contributed by atoms with E-state index in [9.17, 15) is 0 Å². The normalized spacial score (nSPS) is 25.6. The molecular formula is C18H37NO. The average molecular weight is 284 g/mol. The number of ether oxygens (including phenoxy) is 1. The Kier molecular flexibility index (Phi) is 8.13. The minimum Gasteiger partial charge on any atom is -0.374 e. The maximum atomic E-state index is 6.33. The van der Waals surface area contributed by atoms with Crippen LogP contribution < -0.4 is 5.32 Å². The molecule has 0 radical (unpaired) electrons. The Morgan fingerprint density at radius 1 is 1.05 bits per heavy atom. The molecule has 0 aromatic carbocycles. The Morgan fingerprint density at radius 2 is 1.70 bits per heavy atom. The van der Waals surface area contributed by atoms with Crippen molar-refractivity contribution in [3.05, 3.63) is 0 Å². The third kappa shape index (κ3) is 3.98. The fourth-order valence-electron chi connectivity index (χ4n) is 4.40. The van der Waals surface area contributed by atoms with E-state index in [2.05, 4.69) is 39.9 Å². The number of rotatable bonds is 9. The zero-order chi connectivity index (χ0) is 15.0. The molecule has 1 aliphatic rings. The Morgan fingerprint density at radius 3 is 2.20 bits per heavy atom. The molecule has 20 heavy (non-hydrogen) atoms. The zero-order valence-electron chi connectivity index (χ0n) is 14.5. The standard InChI is InChI=1S/C18H37NO/c1-6-15-13-11-12-14-16(15)17(19-9-4)18(7-2,8-3)20-10-5/h15-17,19H,6-14H2,1-5H3. The van der Waals surface area contributed by atoms with Crippen LogP contribution in [0.1, 0.15) is 79.6 Å². The summed E-state index contributed by atoms with van der Waals surface area (Å²) in [5.41, 5.74) is 0.0280. The third-order valence-electron chi connectivity index (χ3n) is 5.54. The van der Waals surface area contributed by atoms with Crippen LogP contribution in [0.15, 0.2) is 0 Å². The number of hydrogen-bond acceptors (Lipinski definition) is 2. The molecule has 3 atom stereocenters. The van der Waals surface area contributed by atoms with Gasteiger partial charge in [0.1, 0.15) is 0 Å². The van der Waals surface area contributed by atoms with Crippen LogP contribution in [0.4, 0.5) is 0 Å². The van der Waals surface area contributed by atoms with E-state index in [0.717, 1.165) is 37.8 Å². The summed E-state index contributed by atoms with van der Waals surface area (Å²) in [6, 6.07) is 0.521. The minimum absolute atomic E-state index is 0.0280. The van der Waals surface area contributed by atoms with Gasteiger partial charge in [0, 0.05) is 12.6 Å². The van der Waals surface area contributed by atoms with E-state index in [1.165, 1.54) is 32.1 Å². The Balaban J connectivity index is 2.99. The van der Waals surface area contributed by atoms with Crippen LogP contribution in [0.25, 0.3) is 0 Å². The highest BCUT2D eigenvalue weighted by Crippen LogP contribution is 2.40. The molecule has 3 unspecified atom stereocenters. The Labute approximate surface area is 127 Å². The first kappa shape index (κ1) is 18.0. The van der Waals surface area contributed by atoms with E-state index in [-0.39, 0.29) is 5.60 Å². The molecule has 1 N–H and O–H groups in total. The summed E-state index contributed by atoms with van der Waals surface area (Å²) in [6.07, 6.45) is 9.17. The van der Waals surface area contributed by atoms with Crippen LogP contribution in [0.3, 0.4) is 0 Å². The molecule has 2 heteroatoms. The summed E-state index contributed by atoms with van der Waals surface area (Å²) in [4.78, 5) is 0. The molecule has 0 aliphatic heterocycles. The van der Waals surface area contributed by atoms with Gasteiger partial charge in [-0.15, -0.1) is 0 Å². The monoisotopic (exact) mass is 283 g/mol. The predicted octanol–water partition coefficient (Wildman–Crippen LogP) is 4.78. The van der Waals surface area contributed by atoms with E-state index < -0.39 is 0 Å². The summed E-state index contributed by atoms with van der Waals surface area (Å²) in [5, 5.41) is 3.82. The van der Waals surface area contributed by atoms with Gasteiger partial charge >= 0.3 is 0 Å². The molecule has 2 nitrogen and oxygen atoms in total. The highest BCUT2D eigenvalue weighted by atomic mass is 16.5. The highest BCUT2D eigenvalue weighted by Gasteiger charge is 2.43. The second-order valence-corrected chi connectivity index (χ2v) is 6.36. The predicted molar refractivity (Wildman–Crippen MR) is 88.1 cm³/mol. The van der Waals surface area contributed by atoms with Crippen molar-refractivity contribution in [2.45, 2.75) is 91.2 Å². The topological polar surface area (TPSA) is 21.3 Å². The Hall–Kier alpha value is -0.0800. The molecule has 0 aromatic rings. The van der Waals surface area contributed by atoms with Gasteiger partial charge < -0.3 is 10.1 Å². The van der Waals surface area contributed by atoms with Crippen LogP contribution in [-0.4, -0.2) is 24.8 Å². The highest BCUT2D eigenvalue weighted by molar-refractivity contribution is 4.98. The second-order valence-electron chi connectivity index (χ2n) is 6.36. The molecule has 1 rings (SSSR count). The molecule has 0 heterocycles. The third-order valence-corrected chi connectivity index (χ3v) is 5.54. The van der Waals surface area contributed by atoms with Crippen molar-refractivity contribution in [3.63, 3.8) is 0 Å². The summed E-state index contributed by atoms with van der Waals surface area (Å²) >= 11 is 0. The van der Waals surface area contributed by atoms with Crippen molar-refractivity contribution in [2.75, 3.05) is 13.2 Å². The fourth-order valence-corrected chi connectivity index (χ4v) is 4.40. The second kappa shape index (κ2) is 9.04. The molecule has 0 aromatic heterocycles.